The lowest BCUT2D eigenvalue weighted by Crippen LogP contribution is -2.21. The number of nitrogens with zero attached hydrogens (tertiary/aromatic N) is 1. The van der Waals surface area contributed by atoms with Gasteiger partial charge in [0, 0.05) is 11.6 Å². The van der Waals surface area contributed by atoms with Gasteiger partial charge in [-0.3, -0.25) is 0 Å². The Morgan fingerprint density at radius 1 is 0.962 bits per heavy atom. The fourth-order valence-electron chi connectivity index (χ4n) is 2.73. The summed E-state index contributed by atoms with van der Waals surface area (Å²) in [5, 5.41) is 14.9. The van der Waals surface area contributed by atoms with Crippen LogP contribution >= 0.6 is 0 Å². The molecule has 0 radical (unpaired) electrons. The van der Waals surface area contributed by atoms with E-state index in [-0.39, 0.29) is 0 Å². The molecule has 1 aromatic heterocycles. The minimum Gasteiger partial charge on any atom is -0.497 e. The molecule has 0 amide bonds. The SMILES string of the molecule is COc1ccc(CCC(C)(O)c2cc(-c3ccc(OC)cc3)no2)cc1. The molecule has 1 unspecified atom stereocenters. The van der Waals surface area contributed by atoms with Crippen LogP contribution in [0.15, 0.2) is 59.1 Å². The predicted molar refractivity (Wildman–Crippen MR) is 99.4 cm³/mol. The Bertz CT molecular complexity index is 835. The van der Waals surface area contributed by atoms with Gasteiger partial charge in [0.1, 0.15) is 22.8 Å². The number of hydrogen-bond donors (Lipinski definition) is 1. The van der Waals surface area contributed by atoms with Gasteiger partial charge in [0.15, 0.2) is 5.76 Å². The molecular formula is C21H23NO4. The van der Waals surface area contributed by atoms with Gasteiger partial charge in [0.05, 0.1) is 14.2 Å². The van der Waals surface area contributed by atoms with Crippen molar-refractivity contribution >= 4 is 0 Å². The van der Waals surface area contributed by atoms with Crippen LogP contribution in [-0.4, -0.2) is 24.5 Å². The van der Waals surface area contributed by atoms with Gasteiger partial charge in [0.25, 0.3) is 0 Å². The lowest BCUT2D eigenvalue weighted by atomic mass is 9.94. The molecule has 0 aliphatic heterocycles. The Morgan fingerprint density at radius 3 is 2.12 bits per heavy atom. The van der Waals surface area contributed by atoms with Crippen LogP contribution in [-0.2, 0) is 12.0 Å². The van der Waals surface area contributed by atoms with E-state index in [1.165, 1.54) is 0 Å². The van der Waals surface area contributed by atoms with E-state index in [0.717, 1.165) is 29.0 Å². The summed E-state index contributed by atoms with van der Waals surface area (Å²) in [7, 11) is 3.27. The first-order valence-electron chi connectivity index (χ1n) is 8.49. The summed E-state index contributed by atoms with van der Waals surface area (Å²) >= 11 is 0. The molecule has 3 aromatic rings. The van der Waals surface area contributed by atoms with E-state index in [1.807, 2.05) is 48.5 Å². The average Bonchev–Trinajstić information content (AvgIpc) is 3.18. The fourth-order valence-corrected chi connectivity index (χ4v) is 2.73. The number of aliphatic hydroxyl groups is 1. The van der Waals surface area contributed by atoms with Crippen LogP contribution in [0.3, 0.4) is 0 Å². The van der Waals surface area contributed by atoms with Crippen molar-refractivity contribution in [3.05, 3.63) is 65.9 Å². The molecule has 0 aliphatic rings. The summed E-state index contributed by atoms with van der Waals surface area (Å²) in [6.45, 7) is 1.74. The normalized spacial score (nSPS) is 13.2. The Kier molecular flexibility index (Phi) is 5.28. The molecule has 0 saturated carbocycles. The molecule has 0 spiro atoms. The summed E-state index contributed by atoms with van der Waals surface area (Å²) in [6.07, 6.45) is 1.24. The van der Waals surface area contributed by atoms with Crippen LogP contribution in [0.1, 0.15) is 24.7 Å². The third-order valence-electron chi connectivity index (χ3n) is 4.49. The van der Waals surface area contributed by atoms with Crippen LogP contribution < -0.4 is 9.47 Å². The van der Waals surface area contributed by atoms with Gasteiger partial charge >= 0.3 is 0 Å². The van der Waals surface area contributed by atoms with Gasteiger partial charge in [-0.15, -0.1) is 0 Å². The van der Waals surface area contributed by atoms with E-state index in [4.69, 9.17) is 14.0 Å². The van der Waals surface area contributed by atoms with Gasteiger partial charge < -0.3 is 19.1 Å². The van der Waals surface area contributed by atoms with Crippen LogP contribution in [0.25, 0.3) is 11.3 Å². The van der Waals surface area contributed by atoms with Crippen LogP contribution in [0.2, 0.25) is 0 Å². The molecule has 5 heteroatoms. The largest absolute Gasteiger partial charge is 0.497 e. The van der Waals surface area contributed by atoms with Crippen molar-refractivity contribution in [2.24, 2.45) is 0 Å². The van der Waals surface area contributed by atoms with Crippen LogP contribution in [0.4, 0.5) is 0 Å². The monoisotopic (exact) mass is 353 g/mol. The molecule has 0 bridgehead atoms. The maximum atomic E-state index is 10.8. The zero-order valence-corrected chi connectivity index (χ0v) is 15.2. The first kappa shape index (κ1) is 18.0. The van der Waals surface area contributed by atoms with Gasteiger partial charge in [-0.25, -0.2) is 0 Å². The number of aryl methyl sites for hydroxylation is 1. The molecule has 3 rings (SSSR count). The summed E-state index contributed by atoms with van der Waals surface area (Å²) in [6, 6.07) is 17.2. The zero-order valence-electron chi connectivity index (χ0n) is 15.2. The zero-order chi connectivity index (χ0) is 18.6. The molecule has 1 heterocycles. The molecule has 5 nitrogen and oxygen atoms in total. The predicted octanol–water partition coefficient (Wildman–Crippen LogP) is 4.20. The topological polar surface area (TPSA) is 64.7 Å². The second kappa shape index (κ2) is 7.62. The highest BCUT2D eigenvalue weighted by Crippen LogP contribution is 2.30. The van der Waals surface area contributed by atoms with Gasteiger partial charge in [-0.1, -0.05) is 17.3 Å². The number of hydrogen-bond acceptors (Lipinski definition) is 5. The van der Waals surface area contributed by atoms with E-state index in [1.54, 1.807) is 27.2 Å². The van der Waals surface area contributed by atoms with E-state index in [9.17, 15) is 5.11 Å². The first-order valence-corrected chi connectivity index (χ1v) is 8.49. The highest BCUT2D eigenvalue weighted by Gasteiger charge is 2.28. The molecule has 0 saturated heterocycles. The van der Waals surface area contributed by atoms with Crippen LogP contribution in [0.5, 0.6) is 11.5 Å². The minimum atomic E-state index is -1.10. The lowest BCUT2D eigenvalue weighted by Gasteiger charge is -2.19. The number of ether oxygens (including phenoxy) is 2. The maximum Gasteiger partial charge on any atom is 0.168 e. The van der Waals surface area contributed by atoms with Crippen molar-refractivity contribution in [2.75, 3.05) is 14.2 Å². The second-order valence-corrected chi connectivity index (χ2v) is 6.43. The van der Waals surface area contributed by atoms with E-state index in [2.05, 4.69) is 5.16 Å². The Morgan fingerprint density at radius 2 is 1.54 bits per heavy atom. The molecule has 2 aromatic carbocycles. The summed E-state index contributed by atoms with van der Waals surface area (Å²) in [5.74, 6) is 2.06. The minimum absolute atomic E-state index is 0.455. The molecular weight excluding hydrogens is 330 g/mol. The Labute approximate surface area is 153 Å². The molecule has 1 N–H and O–H groups in total. The smallest absolute Gasteiger partial charge is 0.168 e. The average molecular weight is 353 g/mol. The van der Waals surface area contributed by atoms with Crippen molar-refractivity contribution in [1.82, 2.24) is 5.16 Å². The van der Waals surface area contributed by atoms with Crippen molar-refractivity contribution in [2.45, 2.75) is 25.4 Å². The highest BCUT2D eigenvalue weighted by atomic mass is 16.5. The first-order chi connectivity index (χ1) is 12.5. The Hall–Kier alpha value is -2.79. The number of benzene rings is 2. The maximum absolute atomic E-state index is 10.8. The van der Waals surface area contributed by atoms with E-state index in [0.29, 0.717) is 17.9 Å². The quantitative estimate of drug-likeness (QED) is 0.690. The molecule has 26 heavy (non-hydrogen) atoms. The third kappa shape index (κ3) is 4.06. The summed E-state index contributed by atoms with van der Waals surface area (Å²) in [4.78, 5) is 0. The fraction of sp³-hybridized carbons (Fsp3) is 0.286. The van der Waals surface area contributed by atoms with E-state index < -0.39 is 5.60 Å². The highest BCUT2D eigenvalue weighted by molar-refractivity contribution is 5.60. The Balaban J connectivity index is 1.69. The second-order valence-electron chi connectivity index (χ2n) is 6.43. The van der Waals surface area contributed by atoms with Crippen LogP contribution in [0, 0.1) is 0 Å². The van der Waals surface area contributed by atoms with Crippen molar-refractivity contribution in [3.63, 3.8) is 0 Å². The third-order valence-corrected chi connectivity index (χ3v) is 4.49. The standard InChI is InChI=1S/C21H23NO4/c1-21(23,13-12-15-4-8-17(24-2)9-5-15)20-14-19(22-26-20)16-6-10-18(25-3)11-7-16/h4-11,14,23H,12-13H2,1-3H3. The molecule has 0 aliphatic carbocycles. The van der Waals surface area contributed by atoms with Crippen molar-refractivity contribution < 1.29 is 19.1 Å². The summed E-state index contributed by atoms with van der Waals surface area (Å²) in [5.41, 5.74) is 1.62. The molecule has 136 valence electrons. The van der Waals surface area contributed by atoms with Gasteiger partial charge in [0.2, 0.25) is 0 Å². The van der Waals surface area contributed by atoms with Gasteiger partial charge in [-0.2, -0.15) is 0 Å². The van der Waals surface area contributed by atoms with E-state index >= 15 is 0 Å². The molecule has 1 atom stereocenters. The number of methoxy groups -OCH3 is 2. The number of rotatable bonds is 7. The van der Waals surface area contributed by atoms with Gasteiger partial charge in [-0.05, 0) is 61.7 Å². The lowest BCUT2D eigenvalue weighted by molar-refractivity contribution is 0.0200. The summed E-state index contributed by atoms with van der Waals surface area (Å²) < 4.78 is 15.7. The van der Waals surface area contributed by atoms with Crippen molar-refractivity contribution in [3.8, 4) is 22.8 Å². The van der Waals surface area contributed by atoms with Crippen molar-refractivity contribution in [1.29, 1.82) is 0 Å². The number of aromatic nitrogens is 1. The molecule has 0 fully saturated rings.